The number of nitrogens with zero attached hydrogens (tertiary/aromatic N) is 1. The van der Waals surface area contributed by atoms with E-state index in [1.54, 1.807) is 6.92 Å². The van der Waals surface area contributed by atoms with Crippen LogP contribution in [-0.4, -0.2) is 36.3 Å². The summed E-state index contributed by atoms with van der Waals surface area (Å²) in [6.45, 7) is 3.98. The number of nitrogens with one attached hydrogen (secondary N) is 1. The first-order chi connectivity index (χ1) is 10.1. The number of likely N-dealkylation sites (tertiary alicyclic amines) is 1. The van der Waals surface area contributed by atoms with Crippen LogP contribution in [0.15, 0.2) is 30.3 Å². The summed E-state index contributed by atoms with van der Waals surface area (Å²) in [6.07, 6.45) is 3.60. The van der Waals surface area contributed by atoms with Gasteiger partial charge >= 0.3 is 0 Å². The van der Waals surface area contributed by atoms with E-state index in [0.717, 1.165) is 44.5 Å². The van der Waals surface area contributed by atoms with Crippen molar-refractivity contribution in [3.63, 3.8) is 0 Å². The fraction of sp³-hybridized carbons (Fsp3) is 0.529. The van der Waals surface area contributed by atoms with Crippen LogP contribution in [0, 0.1) is 5.92 Å². The van der Waals surface area contributed by atoms with E-state index in [-0.39, 0.29) is 11.8 Å². The molecule has 0 aliphatic carbocycles. The highest BCUT2D eigenvalue weighted by atomic mass is 16.2. The molecule has 1 fully saturated rings. The van der Waals surface area contributed by atoms with Gasteiger partial charge in [-0.25, -0.2) is 0 Å². The summed E-state index contributed by atoms with van der Waals surface area (Å²) in [5.74, 6) is 0.879. The maximum atomic E-state index is 12.2. The molecule has 1 aromatic carbocycles. The highest BCUT2D eigenvalue weighted by Crippen LogP contribution is 2.20. The Morgan fingerprint density at radius 1 is 1.19 bits per heavy atom. The van der Waals surface area contributed by atoms with E-state index in [2.05, 4.69) is 5.32 Å². The van der Waals surface area contributed by atoms with Gasteiger partial charge in [0.05, 0.1) is 6.42 Å². The largest absolute Gasteiger partial charge is 0.356 e. The third-order valence-corrected chi connectivity index (χ3v) is 4.09. The van der Waals surface area contributed by atoms with Crippen molar-refractivity contribution in [3.8, 4) is 0 Å². The van der Waals surface area contributed by atoms with Crippen molar-refractivity contribution in [2.75, 3.05) is 19.6 Å². The molecule has 1 saturated heterocycles. The van der Waals surface area contributed by atoms with Crippen molar-refractivity contribution in [2.45, 2.75) is 32.6 Å². The van der Waals surface area contributed by atoms with E-state index in [1.165, 1.54) is 0 Å². The van der Waals surface area contributed by atoms with Crippen LogP contribution in [0.4, 0.5) is 0 Å². The zero-order valence-electron chi connectivity index (χ0n) is 12.7. The molecule has 0 saturated carbocycles. The average molecular weight is 288 g/mol. The molecule has 4 nitrogen and oxygen atoms in total. The van der Waals surface area contributed by atoms with E-state index < -0.39 is 0 Å². The Morgan fingerprint density at radius 2 is 1.86 bits per heavy atom. The lowest BCUT2D eigenvalue weighted by atomic mass is 9.93. The second kappa shape index (κ2) is 7.81. The van der Waals surface area contributed by atoms with Crippen LogP contribution >= 0.6 is 0 Å². The smallest absolute Gasteiger partial charge is 0.226 e. The minimum atomic E-state index is 0.0328. The molecule has 2 amide bonds. The lowest BCUT2D eigenvalue weighted by molar-refractivity contribution is -0.131. The number of piperidine rings is 1. The van der Waals surface area contributed by atoms with Crippen LogP contribution in [0.2, 0.25) is 0 Å². The number of rotatable bonds is 5. The molecule has 114 valence electrons. The lowest BCUT2D eigenvalue weighted by Gasteiger charge is -2.32. The normalized spacial score (nSPS) is 15.8. The summed E-state index contributed by atoms with van der Waals surface area (Å²) in [5, 5.41) is 2.84. The molecule has 1 aliphatic rings. The van der Waals surface area contributed by atoms with Crippen LogP contribution < -0.4 is 5.32 Å². The van der Waals surface area contributed by atoms with E-state index in [1.807, 2.05) is 35.2 Å². The number of benzene rings is 1. The highest BCUT2D eigenvalue weighted by Gasteiger charge is 2.22. The van der Waals surface area contributed by atoms with Gasteiger partial charge in [-0.1, -0.05) is 30.3 Å². The van der Waals surface area contributed by atoms with E-state index >= 15 is 0 Å². The SMILES string of the molecule is CC(=O)NCCC1CCN(C(=O)Cc2ccccc2)CC1. The van der Waals surface area contributed by atoms with Gasteiger partial charge in [0.2, 0.25) is 11.8 Å². The number of carbonyl (C=O) groups is 2. The van der Waals surface area contributed by atoms with Gasteiger partial charge in [0, 0.05) is 26.6 Å². The van der Waals surface area contributed by atoms with Crippen molar-refractivity contribution in [1.29, 1.82) is 0 Å². The van der Waals surface area contributed by atoms with E-state index in [4.69, 9.17) is 0 Å². The number of amides is 2. The Balaban J connectivity index is 1.71. The Labute approximate surface area is 126 Å². The van der Waals surface area contributed by atoms with Gasteiger partial charge < -0.3 is 10.2 Å². The minimum absolute atomic E-state index is 0.0328. The molecule has 0 unspecified atom stereocenters. The predicted molar refractivity (Wildman–Crippen MR) is 82.8 cm³/mol. The first kappa shape index (κ1) is 15.5. The lowest BCUT2D eigenvalue weighted by Crippen LogP contribution is -2.40. The molecule has 1 aromatic rings. The standard InChI is InChI=1S/C17H24N2O2/c1-14(20)18-10-7-15-8-11-19(12-9-15)17(21)13-16-5-3-2-4-6-16/h2-6,15H,7-13H2,1H3,(H,18,20). The predicted octanol–water partition coefficient (Wildman–Crippen LogP) is 1.99. The summed E-state index contributed by atoms with van der Waals surface area (Å²) in [7, 11) is 0. The topological polar surface area (TPSA) is 49.4 Å². The van der Waals surface area contributed by atoms with Crippen molar-refractivity contribution in [2.24, 2.45) is 5.92 Å². The third kappa shape index (κ3) is 5.21. The van der Waals surface area contributed by atoms with Gasteiger partial charge in [0.1, 0.15) is 0 Å². The molecule has 0 atom stereocenters. The van der Waals surface area contributed by atoms with Crippen molar-refractivity contribution in [1.82, 2.24) is 10.2 Å². The number of hydrogen-bond acceptors (Lipinski definition) is 2. The summed E-state index contributed by atoms with van der Waals surface area (Å²) in [4.78, 5) is 25.1. The number of hydrogen-bond donors (Lipinski definition) is 1. The minimum Gasteiger partial charge on any atom is -0.356 e. The maximum absolute atomic E-state index is 12.2. The van der Waals surface area contributed by atoms with Gasteiger partial charge in [0.25, 0.3) is 0 Å². The maximum Gasteiger partial charge on any atom is 0.226 e. The van der Waals surface area contributed by atoms with E-state index in [0.29, 0.717) is 12.3 Å². The van der Waals surface area contributed by atoms with Gasteiger partial charge in [0.15, 0.2) is 0 Å². The highest BCUT2D eigenvalue weighted by molar-refractivity contribution is 5.78. The Hall–Kier alpha value is -1.84. The summed E-state index contributed by atoms with van der Waals surface area (Å²) in [6, 6.07) is 9.90. The molecule has 4 heteroatoms. The first-order valence-electron chi connectivity index (χ1n) is 7.71. The fourth-order valence-corrected chi connectivity index (χ4v) is 2.81. The summed E-state index contributed by atoms with van der Waals surface area (Å²) >= 11 is 0. The van der Waals surface area contributed by atoms with Crippen LogP contribution in [0.25, 0.3) is 0 Å². The molecule has 0 spiro atoms. The summed E-state index contributed by atoms with van der Waals surface area (Å²) < 4.78 is 0. The molecule has 21 heavy (non-hydrogen) atoms. The van der Waals surface area contributed by atoms with Crippen LogP contribution in [-0.2, 0) is 16.0 Å². The zero-order valence-corrected chi connectivity index (χ0v) is 12.7. The molecular formula is C17H24N2O2. The van der Waals surface area contributed by atoms with Gasteiger partial charge in [-0.05, 0) is 30.7 Å². The molecule has 0 radical (unpaired) electrons. The zero-order chi connectivity index (χ0) is 15.1. The Kier molecular flexibility index (Phi) is 5.78. The van der Waals surface area contributed by atoms with Crippen LogP contribution in [0.1, 0.15) is 31.7 Å². The molecule has 1 N–H and O–H groups in total. The van der Waals surface area contributed by atoms with Crippen LogP contribution in [0.3, 0.4) is 0 Å². The average Bonchev–Trinajstić information content (AvgIpc) is 2.48. The van der Waals surface area contributed by atoms with Crippen LogP contribution in [0.5, 0.6) is 0 Å². The van der Waals surface area contributed by atoms with Gasteiger partial charge in [-0.2, -0.15) is 0 Å². The van der Waals surface area contributed by atoms with E-state index in [9.17, 15) is 9.59 Å². The van der Waals surface area contributed by atoms with Gasteiger partial charge in [-0.15, -0.1) is 0 Å². The molecule has 1 aliphatic heterocycles. The second-order valence-electron chi connectivity index (χ2n) is 5.76. The molecule has 0 aromatic heterocycles. The van der Waals surface area contributed by atoms with Gasteiger partial charge in [-0.3, -0.25) is 9.59 Å². The van der Waals surface area contributed by atoms with Crippen molar-refractivity contribution >= 4 is 11.8 Å². The second-order valence-corrected chi connectivity index (χ2v) is 5.76. The molecule has 1 heterocycles. The third-order valence-electron chi connectivity index (χ3n) is 4.09. The monoisotopic (exact) mass is 288 g/mol. The summed E-state index contributed by atoms with van der Waals surface area (Å²) in [5.41, 5.74) is 1.08. The Bertz CT molecular complexity index is 465. The first-order valence-corrected chi connectivity index (χ1v) is 7.71. The fourth-order valence-electron chi connectivity index (χ4n) is 2.81. The number of carbonyl (C=O) groups excluding carboxylic acids is 2. The molecule has 0 bridgehead atoms. The van der Waals surface area contributed by atoms with Crippen molar-refractivity contribution in [3.05, 3.63) is 35.9 Å². The molecular weight excluding hydrogens is 264 g/mol. The quantitative estimate of drug-likeness (QED) is 0.901. The Morgan fingerprint density at radius 3 is 2.48 bits per heavy atom. The van der Waals surface area contributed by atoms with Crippen molar-refractivity contribution < 1.29 is 9.59 Å². The molecule has 2 rings (SSSR count).